The molecule has 0 aromatic heterocycles. The summed E-state index contributed by atoms with van der Waals surface area (Å²) < 4.78 is 0. The molecule has 0 bridgehead atoms. The number of aromatic hydroxyl groups is 1. The molecule has 0 aliphatic carbocycles. The Morgan fingerprint density at radius 2 is 2.00 bits per heavy atom. The van der Waals surface area contributed by atoms with E-state index in [1.54, 1.807) is 12.1 Å². The number of nitrogens with one attached hydrogen (secondary N) is 1. The van der Waals surface area contributed by atoms with Crippen LogP contribution in [0.4, 0.5) is 0 Å². The molecule has 2 atom stereocenters. The predicted molar refractivity (Wildman–Crippen MR) is 60.8 cm³/mol. The van der Waals surface area contributed by atoms with E-state index in [1.165, 1.54) is 0 Å². The first-order valence-electron chi connectivity index (χ1n) is 5.33. The summed E-state index contributed by atoms with van der Waals surface area (Å²) in [4.78, 5) is 0. The van der Waals surface area contributed by atoms with E-state index >= 15 is 0 Å². The van der Waals surface area contributed by atoms with Crippen molar-refractivity contribution in [3.63, 3.8) is 0 Å². The molecule has 0 aliphatic rings. The van der Waals surface area contributed by atoms with Crippen LogP contribution in [-0.4, -0.2) is 22.9 Å². The third kappa shape index (κ3) is 3.22. The van der Waals surface area contributed by atoms with Gasteiger partial charge in [-0.2, -0.15) is 0 Å². The van der Waals surface area contributed by atoms with Gasteiger partial charge in [-0.15, -0.1) is 0 Å². The van der Waals surface area contributed by atoms with Gasteiger partial charge in [-0.3, -0.25) is 0 Å². The first-order valence-corrected chi connectivity index (χ1v) is 5.33. The third-order valence-electron chi connectivity index (χ3n) is 2.48. The minimum absolute atomic E-state index is 0.0366. The molecule has 3 heteroatoms. The van der Waals surface area contributed by atoms with E-state index in [0.717, 1.165) is 12.0 Å². The van der Waals surface area contributed by atoms with Gasteiger partial charge in [-0.1, -0.05) is 25.1 Å². The van der Waals surface area contributed by atoms with Gasteiger partial charge in [0, 0.05) is 17.6 Å². The summed E-state index contributed by atoms with van der Waals surface area (Å²) in [5, 5.41) is 21.9. The van der Waals surface area contributed by atoms with Crippen LogP contribution in [0.2, 0.25) is 0 Å². The number of hydrogen-bond acceptors (Lipinski definition) is 3. The van der Waals surface area contributed by atoms with Crippen LogP contribution < -0.4 is 5.32 Å². The number of phenols is 1. The number of hydrogen-bond donors (Lipinski definition) is 3. The average molecular weight is 209 g/mol. The van der Waals surface area contributed by atoms with E-state index in [9.17, 15) is 5.11 Å². The minimum atomic E-state index is 0.0366. The molecule has 84 valence electrons. The summed E-state index contributed by atoms with van der Waals surface area (Å²) in [6.45, 7) is 4.07. The van der Waals surface area contributed by atoms with Gasteiger partial charge in [0.1, 0.15) is 5.75 Å². The van der Waals surface area contributed by atoms with E-state index in [2.05, 4.69) is 5.32 Å². The number of aliphatic hydroxyl groups is 1. The van der Waals surface area contributed by atoms with Crippen molar-refractivity contribution in [1.29, 1.82) is 0 Å². The van der Waals surface area contributed by atoms with E-state index in [-0.39, 0.29) is 18.7 Å². The topological polar surface area (TPSA) is 52.5 Å². The molecule has 1 aromatic rings. The van der Waals surface area contributed by atoms with Gasteiger partial charge in [-0.25, -0.2) is 0 Å². The molecular weight excluding hydrogens is 190 g/mol. The molecule has 0 fully saturated rings. The molecule has 1 aromatic carbocycles. The minimum Gasteiger partial charge on any atom is -0.508 e. The first kappa shape index (κ1) is 12.0. The fourth-order valence-electron chi connectivity index (χ4n) is 1.61. The number of rotatable bonds is 5. The SMILES string of the molecule is CCC(N[C@H](C)CO)c1ccccc1O. The van der Waals surface area contributed by atoms with E-state index in [0.29, 0.717) is 5.75 Å². The lowest BCUT2D eigenvalue weighted by Crippen LogP contribution is -2.32. The molecular formula is C12H19NO2. The number of aliphatic hydroxyl groups excluding tert-OH is 1. The van der Waals surface area contributed by atoms with Crippen molar-refractivity contribution in [2.75, 3.05) is 6.61 Å². The highest BCUT2D eigenvalue weighted by Gasteiger charge is 2.14. The standard InChI is InChI=1S/C12H19NO2/c1-3-11(13-9(2)8-14)10-6-4-5-7-12(10)15/h4-7,9,11,13-15H,3,8H2,1-2H3/t9-,11?/m1/s1. The summed E-state index contributed by atoms with van der Waals surface area (Å²) >= 11 is 0. The van der Waals surface area contributed by atoms with Crippen molar-refractivity contribution in [2.24, 2.45) is 0 Å². The smallest absolute Gasteiger partial charge is 0.120 e. The summed E-state index contributed by atoms with van der Waals surface area (Å²) in [5.41, 5.74) is 0.889. The zero-order valence-electron chi connectivity index (χ0n) is 9.27. The summed E-state index contributed by atoms with van der Waals surface area (Å²) in [6, 6.07) is 7.43. The normalized spacial score (nSPS) is 14.9. The van der Waals surface area contributed by atoms with Crippen molar-refractivity contribution in [3.8, 4) is 5.75 Å². The molecule has 0 saturated heterocycles. The van der Waals surface area contributed by atoms with E-state index in [1.807, 2.05) is 26.0 Å². The van der Waals surface area contributed by atoms with Crippen LogP contribution >= 0.6 is 0 Å². The maximum absolute atomic E-state index is 9.70. The van der Waals surface area contributed by atoms with Crippen molar-refractivity contribution in [1.82, 2.24) is 5.32 Å². The number of para-hydroxylation sites is 1. The van der Waals surface area contributed by atoms with Crippen molar-refractivity contribution in [2.45, 2.75) is 32.4 Å². The van der Waals surface area contributed by atoms with Crippen LogP contribution in [0.25, 0.3) is 0 Å². The fourth-order valence-corrected chi connectivity index (χ4v) is 1.61. The molecule has 3 N–H and O–H groups in total. The summed E-state index contributed by atoms with van der Waals surface area (Å²) in [5.74, 6) is 0.307. The predicted octanol–water partition coefficient (Wildman–Crippen LogP) is 1.81. The Morgan fingerprint density at radius 1 is 1.33 bits per heavy atom. The molecule has 1 unspecified atom stereocenters. The molecule has 3 nitrogen and oxygen atoms in total. The van der Waals surface area contributed by atoms with Gasteiger partial charge in [-0.05, 0) is 19.4 Å². The maximum atomic E-state index is 9.70. The highest BCUT2D eigenvalue weighted by atomic mass is 16.3. The zero-order chi connectivity index (χ0) is 11.3. The maximum Gasteiger partial charge on any atom is 0.120 e. The lowest BCUT2D eigenvalue weighted by Gasteiger charge is -2.22. The lowest BCUT2D eigenvalue weighted by atomic mass is 10.0. The van der Waals surface area contributed by atoms with E-state index in [4.69, 9.17) is 5.11 Å². The quantitative estimate of drug-likeness (QED) is 0.693. The summed E-state index contributed by atoms with van der Waals surface area (Å²) in [7, 11) is 0. The van der Waals surface area contributed by atoms with E-state index < -0.39 is 0 Å². The van der Waals surface area contributed by atoms with Gasteiger partial charge in [0.2, 0.25) is 0 Å². The zero-order valence-corrected chi connectivity index (χ0v) is 9.27. The molecule has 0 aliphatic heterocycles. The Balaban J connectivity index is 2.78. The fraction of sp³-hybridized carbons (Fsp3) is 0.500. The van der Waals surface area contributed by atoms with Gasteiger partial charge >= 0.3 is 0 Å². The van der Waals surface area contributed by atoms with Gasteiger partial charge in [0.25, 0.3) is 0 Å². The monoisotopic (exact) mass is 209 g/mol. The summed E-state index contributed by atoms with van der Waals surface area (Å²) in [6.07, 6.45) is 0.877. The van der Waals surface area contributed by atoms with Crippen LogP contribution in [0.1, 0.15) is 31.9 Å². The number of benzene rings is 1. The van der Waals surface area contributed by atoms with Gasteiger partial charge in [0.05, 0.1) is 6.61 Å². The second kappa shape index (κ2) is 5.73. The second-order valence-electron chi connectivity index (χ2n) is 3.77. The van der Waals surface area contributed by atoms with Crippen molar-refractivity contribution >= 4 is 0 Å². The highest BCUT2D eigenvalue weighted by molar-refractivity contribution is 5.34. The first-order chi connectivity index (χ1) is 7.19. The van der Waals surface area contributed by atoms with Crippen LogP contribution in [-0.2, 0) is 0 Å². The second-order valence-corrected chi connectivity index (χ2v) is 3.77. The largest absolute Gasteiger partial charge is 0.508 e. The Hall–Kier alpha value is -1.06. The molecule has 0 saturated carbocycles. The highest BCUT2D eigenvalue weighted by Crippen LogP contribution is 2.25. The van der Waals surface area contributed by atoms with Crippen LogP contribution in [0.3, 0.4) is 0 Å². The van der Waals surface area contributed by atoms with Crippen LogP contribution in [0, 0.1) is 0 Å². The number of phenolic OH excluding ortho intramolecular Hbond substituents is 1. The Kier molecular flexibility index (Phi) is 4.59. The molecule has 0 radical (unpaired) electrons. The third-order valence-corrected chi connectivity index (χ3v) is 2.48. The molecule has 0 spiro atoms. The lowest BCUT2D eigenvalue weighted by molar-refractivity contribution is 0.239. The van der Waals surface area contributed by atoms with Crippen molar-refractivity contribution in [3.05, 3.63) is 29.8 Å². The molecule has 15 heavy (non-hydrogen) atoms. The van der Waals surface area contributed by atoms with Crippen LogP contribution in [0.5, 0.6) is 5.75 Å². The molecule has 0 amide bonds. The van der Waals surface area contributed by atoms with Gasteiger partial charge in [0.15, 0.2) is 0 Å². The Labute approximate surface area is 90.8 Å². The van der Waals surface area contributed by atoms with Gasteiger partial charge < -0.3 is 15.5 Å². The Morgan fingerprint density at radius 3 is 2.53 bits per heavy atom. The van der Waals surface area contributed by atoms with Crippen molar-refractivity contribution < 1.29 is 10.2 Å². The average Bonchev–Trinajstić information content (AvgIpc) is 2.26. The molecule has 0 heterocycles. The Bertz CT molecular complexity index is 301. The van der Waals surface area contributed by atoms with Crippen LogP contribution in [0.15, 0.2) is 24.3 Å². The molecule has 1 rings (SSSR count).